The van der Waals surface area contributed by atoms with E-state index in [1.165, 1.54) is 121 Å². The van der Waals surface area contributed by atoms with E-state index in [1.54, 1.807) is 0 Å². The lowest BCUT2D eigenvalue weighted by Gasteiger charge is -2.20. The van der Waals surface area contributed by atoms with Crippen LogP contribution in [0.15, 0.2) is 158 Å². The molecule has 1 aliphatic heterocycles. The van der Waals surface area contributed by atoms with Gasteiger partial charge < -0.3 is 18.3 Å². The fourth-order valence-corrected chi connectivity index (χ4v) is 10.7. The lowest BCUT2D eigenvalue weighted by molar-refractivity contribution is 1.000. The predicted octanol–water partition coefficient (Wildman–Crippen LogP) is 12.8. The monoisotopic (exact) mass is 686 g/mol. The zero-order valence-corrected chi connectivity index (χ0v) is 29.2. The molecule has 5 aromatic heterocycles. The SMILES string of the molecule is c1ccc(N2CCc3ccc4c(c32)c2cccc3c5cc6c(cc5n4c32)c2cccc3c4c5c(ccc4n6c23)c2ccccc2n5-c2ccccc2)cc1. The van der Waals surface area contributed by atoms with E-state index in [0.717, 1.165) is 13.0 Å². The smallest absolute Gasteiger partial charge is 0.0641 e. The number of hydrogen-bond acceptors (Lipinski definition) is 1. The van der Waals surface area contributed by atoms with Crippen LogP contribution in [0.3, 0.4) is 0 Å². The Balaban J connectivity index is 1.12. The van der Waals surface area contributed by atoms with E-state index < -0.39 is 0 Å². The fourth-order valence-electron chi connectivity index (χ4n) is 10.7. The Bertz CT molecular complexity index is 3710. The number of hydrogen-bond donors (Lipinski definition) is 0. The molecule has 0 radical (unpaired) electrons. The summed E-state index contributed by atoms with van der Waals surface area (Å²) in [7, 11) is 0. The van der Waals surface area contributed by atoms with Crippen molar-refractivity contribution in [3.63, 3.8) is 0 Å². The third-order valence-corrected chi connectivity index (χ3v) is 12.7. The van der Waals surface area contributed by atoms with Gasteiger partial charge in [0.15, 0.2) is 0 Å². The Morgan fingerprint density at radius 1 is 0.352 bits per heavy atom. The molecule has 0 saturated carbocycles. The molecule has 13 aromatic rings. The van der Waals surface area contributed by atoms with Gasteiger partial charge in [-0.05, 0) is 66.6 Å². The Morgan fingerprint density at radius 3 is 1.63 bits per heavy atom. The quantitative estimate of drug-likeness (QED) is 0.177. The molecular weight excluding hydrogens is 657 g/mol. The minimum atomic E-state index is 1.00. The topological polar surface area (TPSA) is 17.0 Å². The van der Waals surface area contributed by atoms with Crippen LogP contribution >= 0.6 is 0 Å². The predicted molar refractivity (Wildman–Crippen MR) is 227 cm³/mol. The Labute approximate surface area is 308 Å². The molecule has 4 heteroatoms. The second-order valence-electron chi connectivity index (χ2n) is 15.2. The summed E-state index contributed by atoms with van der Waals surface area (Å²) >= 11 is 0. The first-order valence-corrected chi connectivity index (χ1v) is 19.0. The summed E-state index contributed by atoms with van der Waals surface area (Å²) in [6.45, 7) is 1.00. The molecule has 0 saturated heterocycles. The largest absolute Gasteiger partial charge is 0.340 e. The molecule has 0 bridgehead atoms. The number of fused-ring (bicyclic) bond motifs is 18. The molecule has 0 spiro atoms. The average Bonchev–Trinajstić information content (AvgIpc) is 4.07. The molecule has 0 unspecified atom stereocenters. The normalized spacial score (nSPS) is 13.7. The van der Waals surface area contributed by atoms with Gasteiger partial charge in [-0.25, -0.2) is 0 Å². The van der Waals surface area contributed by atoms with Gasteiger partial charge in [-0.1, -0.05) is 103 Å². The van der Waals surface area contributed by atoms with Crippen LogP contribution in [-0.2, 0) is 6.42 Å². The van der Waals surface area contributed by atoms with Crippen LogP contribution in [0.1, 0.15) is 5.56 Å². The van der Waals surface area contributed by atoms with Crippen molar-refractivity contribution in [2.75, 3.05) is 11.4 Å². The van der Waals surface area contributed by atoms with E-state index in [9.17, 15) is 0 Å². The van der Waals surface area contributed by atoms with Crippen LogP contribution in [0.25, 0.3) is 104 Å². The van der Waals surface area contributed by atoms with Gasteiger partial charge in [0, 0.05) is 71.8 Å². The van der Waals surface area contributed by atoms with Crippen molar-refractivity contribution in [3.8, 4) is 5.69 Å². The molecule has 0 fully saturated rings. The minimum Gasteiger partial charge on any atom is -0.340 e. The molecule has 6 heterocycles. The number of rotatable bonds is 2. The fraction of sp³-hybridized carbons (Fsp3) is 0.0400. The molecule has 0 aliphatic carbocycles. The van der Waals surface area contributed by atoms with Crippen LogP contribution < -0.4 is 4.90 Å². The number of nitrogens with zero attached hydrogens (tertiary/aromatic N) is 4. The first kappa shape index (κ1) is 27.6. The molecule has 0 amide bonds. The van der Waals surface area contributed by atoms with Crippen LogP contribution in [0.4, 0.5) is 11.4 Å². The highest BCUT2D eigenvalue weighted by molar-refractivity contribution is 6.33. The number of benzene rings is 8. The first-order valence-electron chi connectivity index (χ1n) is 19.0. The molecule has 1 aliphatic rings. The van der Waals surface area contributed by atoms with Gasteiger partial charge in [0.2, 0.25) is 0 Å². The van der Waals surface area contributed by atoms with Crippen molar-refractivity contribution in [2.45, 2.75) is 6.42 Å². The molecular formula is C50H30N4. The van der Waals surface area contributed by atoms with Gasteiger partial charge >= 0.3 is 0 Å². The van der Waals surface area contributed by atoms with E-state index in [4.69, 9.17) is 0 Å². The van der Waals surface area contributed by atoms with Crippen molar-refractivity contribution in [1.29, 1.82) is 0 Å². The molecule has 54 heavy (non-hydrogen) atoms. The van der Waals surface area contributed by atoms with Gasteiger partial charge in [-0.15, -0.1) is 0 Å². The Kier molecular flexibility index (Phi) is 4.85. The van der Waals surface area contributed by atoms with Gasteiger partial charge in [-0.3, -0.25) is 0 Å². The number of para-hydroxylation sites is 5. The zero-order valence-electron chi connectivity index (χ0n) is 29.2. The maximum absolute atomic E-state index is 2.56. The summed E-state index contributed by atoms with van der Waals surface area (Å²) in [5, 5.41) is 13.1. The van der Waals surface area contributed by atoms with Crippen LogP contribution in [0.5, 0.6) is 0 Å². The standard InChI is InChI=1S/C50H30N4/c1-3-11-30(12-4-1)51-26-25-29-21-23-41-45(47(29)51)36-18-9-16-33-38-28-44-39(27-43(38)53(41)48(33)36)34-17-10-19-37-46-42(54(44)49(34)37)24-22-35-32-15-7-8-20-40(32)52(50(35)46)31-13-5-2-6-14-31/h1-24,27-28H,25-26H2. The Morgan fingerprint density at radius 2 is 0.907 bits per heavy atom. The molecule has 0 atom stereocenters. The first-order chi connectivity index (χ1) is 26.8. The highest BCUT2D eigenvalue weighted by atomic mass is 15.2. The van der Waals surface area contributed by atoms with Gasteiger partial charge in [0.25, 0.3) is 0 Å². The minimum absolute atomic E-state index is 1.00. The second kappa shape index (κ2) is 9.49. The van der Waals surface area contributed by atoms with E-state index in [2.05, 4.69) is 176 Å². The summed E-state index contributed by atoms with van der Waals surface area (Å²) in [4.78, 5) is 2.53. The molecule has 4 nitrogen and oxygen atoms in total. The Hall–Kier alpha value is -7.04. The lowest BCUT2D eigenvalue weighted by Crippen LogP contribution is -2.13. The van der Waals surface area contributed by atoms with Gasteiger partial charge in [0.1, 0.15) is 0 Å². The van der Waals surface area contributed by atoms with Gasteiger partial charge in [0.05, 0.1) is 49.8 Å². The maximum atomic E-state index is 2.56. The molecule has 8 aromatic carbocycles. The summed E-state index contributed by atoms with van der Waals surface area (Å²) in [6, 6.07) is 58.9. The third kappa shape index (κ3) is 3.12. The van der Waals surface area contributed by atoms with E-state index in [-0.39, 0.29) is 0 Å². The highest BCUT2D eigenvalue weighted by Gasteiger charge is 2.29. The summed E-state index contributed by atoms with van der Waals surface area (Å²) in [5.74, 6) is 0. The summed E-state index contributed by atoms with van der Waals surface area (Å²) in [5.41, 5.74) is 15.5. The van der Waals surface area contributed by atoms with Crippen molar-refractivity contribution in [1.82, 2.24) is 13.4 Å². The average molecular weight is 687 g/mol. The van der Waals surface area contributed by atoms with Crippen LogP contribution in [0.2, 0.25) is 0 Å². The molecule has 250 valence electrons. The van der Waals surface area contributed by atoms with Crippen LogP contribution in [0, 0.1) is 0 Å². The molecule has 0 N–H and O–H groups in total. The van der Waals surface area contributed by atoms with Crippen molar-refractivity contribution in [3.05, 3.63) is 163 Å². The van der Waals surface area contributed by atoms with Gasteiger partial charge in [-0.2, -0.15) is 0 Å². The lowest BCUT2D eigenvalue weighted by atomic mass is 10.0. The second-order valence-corrected chi connectivity index (χ2v) is 15.2. The summed E-state index contributed by atoms with van der Waals surface area (Å²) < 4.78 is 7.59. The molecule has 14 rings (SSSR count). The van der Waals surface area contributed by atoms with Crippen molar-refractivity contribution >= 4 is 109 Å². The zero-order chi connectivity index (χ0) is 34.8. The van der Waals surface area contributed by atoms with Crippen molar-refractivity contribution < 1.29 is 0 Å². The maximum Gasteiger partial charge on any atom is 0.0641 e. The summed E-state index contributed by atoms with van der Waals surface area (Å²) in [6.07, 6.45) is 1.06. The van der Waals surface area contributed by atoms with E-state index >= 15 is 0 Å². The third-order valence-electron chi connectivity index (χ3n) is 12.7. The highest BCUT2D eigenvalue weighted by Crippen LogP contribution is 2.50. The number of aromatic nitrogens is 3. The number of anilines is 2. The van der Waals surface area contributed by atoms with Crippen molar-refractivity contribution in [2.24, 2.45) is 0 Å². The van der Waals surface area contributed by atoms with Crippen LogP contribution in [-0.4, -0.2) is 19.9 Å². The van der Waals surface area contributed by atoms with E-state index in [0.29, 0.717) is 0 Å². The van der Waals surface area contributed by atoms with E-state index in [1.807, 2.05) is 0 Å².